The van der Waals surface area contributed by atoms with Crippen LogP contribution in [-0.4, -0.2) is 61.7 Å². The van der Waals surface area contributed by atoms with Crippen LogP contribution in [0.1, 0.15) is 28.4 Å². The van der Waals surface area contributed by atoms with Crippen molar-refractivity contribution in [2.24, 2.45) is 4.99 Å². The van der Waals surface area contributed by atoms with Crippen LogP contribution in [0.15, 0.2) is 59.6 Å². The number of aliphatic imine (C=N–C) groups is 1. The molecule has 0 atom stereocenters. The topological polar surface area (TPSA) is 47.9 Å². The Morgan fingerprint density at radius 1 is 1.03 bits per heavy atom. The molecule has 0 aromatic heterocycles. The zero-order chi connectivity index (χ0) is 24.1. The van der Waals surface area contributed by atoms with Crippen molar-refractivity contribution >= 4 is 35.3 Å². The number of rotatable bonds is 6. The first-order valence-electron chi connectivity index (χ1n) is 12.0. The van der Waals surface area contributed by atoms with Crippen LogP contribution in [0.5, 0.6) is 0 Å². The van der Waals surface area contributed by atoms with Gasteiger partial charge in [0.25, 0.3) is 5.91 Å². The first kappa shape index (κ1) is 23.7. The minimum atomic E-state index is 0.128. The number of piperazine rings is 1. The summed E-state index contributed by atoms with van der Waals surface area (Å²) < 4.78 is 0. The van der Waals surface area contributed by atoms with Gasteiger partial charge >= 0.3 is 0 Å². The van der Waals surface area contributed by atoms with Crippen molar-refractivity contribution in [3.05, 3.63) is 81.7 Å². The first-order valence-corrected chi connectivity index (χ1v) is 12.0. The molecule has 0 unspecified atom stereocenters. The highest BCUT2D eigenvalue weighted by molar-refractivity contribution is 5.98. The summed E-state index contributed by atoms with van der Waals surface area (Å²) in [4.78, 5) is 21.7. The molecule has 1 heterocycles. The number of nitrogens with one attached hydrogen (secondary N) is 1. The second-order valence-electron chi connectivity index (χ2n) is 9.07. The highest BCUT2D eigenvalue weighted by Crippen LogP contribution is 2.20. The summed E-state index contributed by atoms with van der Waals surface area (Å²) in [7, 11) is 2.10. The number of carbonyl (C=O) groups excluding carboxylic acids is 1. The van der Waals surface area contributed by atoms with Crippen LogP contribution in [0, 0.1) is 6.92 Å². The molecule has 1 aliphatic heterocycles. The molecule has 0 radical (unpaired) electrons. The lowest BCUT2D eigenvalue weighted by atomic mass is 10.0. The molecule has 0 saturated carbocycles. The lowest BCUT2D eigenvalue weighted by Gasteiger charge is -2.32. The monoisotopic (exact) mass is 454 g/mol. The quantitative estimate of drug-likeness (QED) is 0.583. The summed E-state index contributed by atoms with van der Waals surface area (Å²) in [5.74, 6) is 0.979. The average Bonchev–Trinajstić information content (AvgIpc) is 2.84. The normalized spacial score (nSPS) is 15.7. The number of carbonyl (C=O) groups is 1. The third kappa shape index (κ3) is 5.54. The molecule has 3 aromatic carbocycles. The van der Waals surface area contributed by atoms with Gasteiger partial charge in [-0.2, -0.15) is 0 Å². The van der Waals surface area contributed by atoms with E-state index in [0.29, 0.717) is 0 Å². The molecular formula is C29H34N4O. The van der Waals surface area contributed by atoms with Gasteiger partial charge in [0.1, 0.15) is 5.82 Å². The number of likely N-dealkylation sites (N-methyl/N-ethyl adjacent to an activating group) is 1. The number of hydrogen-bond acceptors (Lipinski definition) is 4. The SMILES string of the molecule is C=c1ccc(C)c/c1=C(/N=CC)NCCc1ccc2cc(C(=O)N3CCN(C)CC3)ccc2c1. The molecule has 1 fully saturated rings. The Labute approximate surface area is 202 Å². The van der Waals surface area contributed by atoms with E-state index in [0.717, 1.165) is 71.7 Å². The average molecular weight is 455 g/mol. The van der Waals surface area contributed by atoms with E-state index in [1.54, 1.807) is 6.21 Å². The molecule has 5 nitrogen and oxygen atoms in total. The molecule has 1 saturated heterocycles. The fraction of sp³-hybridized carbons (Fsp3) is 0.310. The van der Waals surface area contributed by atoms with Gasteiger partial charge in [-0.3, -0.25) is 4.79 Å². The molecule has 1 N–H and O–H groups in total. The summed E-state index contributed by atoms with van der Waals surface area (Å²) in [5, 5.41) is 7.74. The molecule has 176 valence electrons. The van der Waals surface area contributed by atoms with E-state index < -0.39 is 0 Å². The maximum Gasteiger partial charge on any atom is 0.253 e. The maximum atomic E-state index is 12.9. The lowest BCUT2D eigenvalue weighted by molar-refractivity contribution is 0.0664. The maximum absolute atomic E-state index is 12.9. The van der Waals surface area contributed by atoms with Gasteiger partial charge in [-0.1, -0.05) is 48.5 Å². The number of amides is 1. The number of aryl methyl sites for hydroxylation is 1. The summed E-state index contributed by atoms with van der Waals surface area (Å²) in [6, 6.07) is 18.7. The number of benzene rings is 3. The Balaban J connectivity index is 1.46. The molecule has 0 spiro atoms. The van der Waals surface area contributed by atoms with Gasteiger partial charge in [0.05, 0.1) is 0 Å². The van der Waals surface area contributed by atoms with E-state index >= 15 is 0 Å². The second-order valence-corrected chi connectivity index (χ2v) is 9.07. The lowest BCUT2D eigenvalue weighted by Crippen LogP contribution is -2.47. The molecule has 5 heteroatoms. The standard InChI is InChI=1S/C29H34N4O/c1-5-30-28(27-18-21(2)6-7-22(27)3)31-13-12-23-8-9-25-20-26(11-10-24(25)19-23)29(34)33-16-14-32(4)15-17-33/h5-11,18-20,31H,3,12-17H2,1-2,4H3/b28-27+,30-5?. The van der Waals surface area contributed by atoms with Crippen LogP contribution >= 0.6 is 0 Å². The third-order valence-corrected chi connectivity index (χ3v) is 6.43. The molecule has 4 rings (SSSR count). The van der Waals surface area contributed by atoms with Crippen LogP contribution in [0.25, 0.3) is 23.2 Å². The van der Waals surface area contributed by atoms with E-state index in [4.69, 9.17) is 0 Å². The Kier molecular flexibility index (Phi) is 7.43. The van der Waals surface area contributed by atoms with Crippen molar-refractivity contribution in [2.75, 3.05) is 39.8 Å². The highest BCUT2D eigenvalue weighted by atomic mass is 16.2. The van der Waals surface area contributed by atoms with Crippen LogP contribution in [0.4, 0.5) is 0 Å². The second kappa shape index (κ2) is 10.7. The fourth-order valence-electron chi connectivity index (χ4n) is 4.35. The summed E-state index contributed by atoms with van der Waals surface area (Å²) in [6.07, 6.45) is 2.68. The third-order valence-electron chi connectivity index (χ3n) is 6.43. The van der Waals surface area contributed by atoms with Crippen molar-refractivity contribution in [3.8, 4) is 0 Å². The van der Waals surface area contributed by atoms with Crippen LogP contribution < -0.4 is 15.8 Å². The van der Waals surface area contributed by atoms with Gasteiger partial charge in [0.15, 0.2) is 0 Å². The largest absolute Gasteiger partial charge is 0.369 e. The van der Waals surface area contributed by atoms with Crippen LogP contribution in [-0.2, 0) is 6.42 Å². The molecule has 0 bridgehead atoms. The van der Waals surface area contributed by atoms with Gasteiger partial charge in [0.2, 0.25) is 0 Å². The number of nitrogens with zero attached hydrogens (tertiary/aromatic N) is 3. The Morgan fingerprint density at radius 3 is 2.53 bits per heavy atom. The van der Waals surface area contributed by atoms with E-state index in [1.807, 2.05) is 30.0 Å². The summed E-state index contributed by atoms with van der Waals surface area (Å²) in [6.45, 7) is 12.4. The Hall–Kier alpha value is -3.44. The van der Waals surface area contributed by atoms with Crippen molar-refractivity contribution in [3.63, 3.8) is 0 Å². The van der Waals surface area contributed by atoms with Crippen molar-refractivity contribution in [2.45, 2.75) is 20.3 Å². The molecule has 34 heavy (non-hydrogen) atoms. The van der Waals surface area contributed by atoms with Crippen LogP contribution in [0.3, 0.4) is 0 Å². The number of hydrogen-bond donors (Lipinski definition) is 1. The predicted molar refractivity (Wildman–Crippen MR) is 143 cm³/mol. The molecular weight excluding hydrogens is 420 g/mol. The predicted octanol–water partition coefficient (Wildman–Crippen LogP) is 2.93. The van der Waals surface area contributed by atoms with E-state index in [9.17, 15) is 4.79 Å². The van der Waals surface area contributed by atoms with E-state index in [1.165, 1.54) is 11.1 Å². The van der Waals surface area contributed by atoms with Crippen molar-refractivity contribution in [1.82, 2.24) is 15.1 Å². The van der Waals surface area contributed by atoms with Crippen molar-refractivity contribution in [1.29, 1.82) is 0 Å². The molecule has 3 aromatic rings. The zero-order valence-corrected chi connectivity index (χ0v) is 20.5. The van der Waals surface area contributed by atoms with Gasteiger partial charge in [-0.15, -0.1) is 0 Å². The number of fused-ring (bicyclic) bond motifs is 1. The first-order chi connectivity index (χ1) is 16.4. The summed E-state index contributed by atoms with van der Waals surface area (Å²) in [5.41, 5.74) is 3.20. The van der Waals surface area contributed by atoms with E-state index in [2.05, 4.69) is 72.2 Å². The molecule has 1 amide bonds. The summed E-state index contributed by atoms with van der Waals surface area (Å²) >= 11 is 0. The van der Waals surface area contributed by atoms with Gasteiger partial charge in [-0.05, 0) is 67.1 Å². The molecule has 0 aliphatic carbocycles. The molecule has 1 aliphatic rings. The fourth-order valence-corrected chi connectivity index (χ4v) is 4.35. The van der Waals surface area contributed by atoms with E-state index in [-0.39, 0.29) is 5.91 Å². The van der Waals surface area contributed by atoms with Gasteiger partial charge in [0, 0.05) is 49.7 Å². The minimum Gasteiger partial charge on any atom is -0.369 e. The van der Waals surface area contributed by atoms with Crippen LogP contribution in [0.2, 0.25) is 0 Å². The zero-order valence-electron chi connectivity index (χ0n) is 20.5. The Bertz CT molecular complexity index is 1320. The van der Waals surface area contributed by atoms with Gasteiger partial charge in [-0.25, -0.2) is 4.99 Å². The van der Waals surface area contributed by atoms with Crippen molar-refractivity contribution < 1.29 is 4.79 Å². The Morgan fingerprint density at radius 2 is 1.76 bits per heavy atom. The smallest absolute Gasteiger partial charge is 0.253 e. The minimum absolute atomic E-state index is 0.128. The highest BCUT2D eigenvalue weighted by Gasteiger charge is 2.20. The van der Waals surface area contributed by atoms with Gasteiger partial charge < -0.3 is 15.1 Å².